The lowest BCUT2D eigenvalue weighted by Crippen LogP contribution is -2.40. The predicted octanol–water partition coefficient (Wildman–Crippen LogP) is 2.45. The molecule has 112 valence electrons. The smallest absolute Gasteiger partial charge is 0.236 e. The van der Waals surface area contributed by atoms with Crippen LogP contribution in [0, 0.1) is 0 Å². The van der Waals surface area contributed by atoms with Gasteiger partial charge in [-0.2, -0.15) is 11.8 Å². The minimum Gasteiger partial charge on any atom is -0.467 e. The molecule has 20 heavy (non-hydrogen) atoms. The summed E-state index contributed by atoms with van der Waals surface area (Å²) in [5, 5.41) is 0.762. The van der Waals surface area contributed by atoms with E-state index in [-0.39, 0.29) is 5.91 Å². The van der Waals surface area contributed by atoms with E-state index >= 15 is 0 Å². The number of nitrogens with zero attached hydrogens (tertiary/aromatic N) is 2. The number of likely N-dealkylation sites (N-methyl/N-ethyl adjacent to an activating group) is 2. The molecule has 2 atom stereocenters. The Hall–Kier alpha value is -0.940. The fraction of sp³-hybridized carbons (Fsp3) is 0.667. The zero-order valence-corrected chi connectivity index (χ0v) is 13.4. The molecule has 0 N–H and O–H groups in total. The van der Waals surface area contributed by atoms with Crippen LogP contribution in [-0.2, 0) is 11.3 Å². The summed E-state index contributed by atoms with van der Waals surface area (Å²) in [5.74, 6) is 0.975. The van der Waals surface area contributed by atoms with E-state index in [1.165, 1.54) is 19.3 Å². The Labute approximate surface area is 125 Å². The minimum atomic E-state index is 0.150. The van der Waals surface area contributed by atoms with Crippen LogP contribution >= 0.6 is 11.8 Å². The van der Waals surface area contributed by atoms with Crippen molar-refractivity contribution in [2.45, 2.75) is 37.1 Å². The van der Waals surface area contributed by atoms with Gasteiger partial charge in [-0.3, -0.25) is 9.69 Å². The van der Waals surface area contributed by atoms with E-state index in [9.17, 15) is 4.79 Å². The van der Waals surface area contributed by atoms with Gasteiger partial charge in [0, 0.05) is 18.3 Å². The summed E-state index contributed by atoms with van der Waals surface area (Å²) >= 11 is 1.95. The van der Waals surface area contributed by atoms with E-state index in [0.29, 0.717) is 19.1 Å². The molecule has 0 radical (unpaired) electrons. The third kappa shape index (κ3) is 4.03. The van der Waals surface area contributed by atoms with Crippen molar-refractivity contribution in [3.8, 4) is 0 Å². The van der Waals surface area contributed by atoms with Gasteiger partial charge in [0.2, 0.25) is 5.91 Å². The normalized spacial score (nSPS) is 22.4. The summed E-state index contributed by atoms with van der Waals surface area (Å²) in [6.45, 7) is 1.03. The molecular formula is C15H24N2O2S. The van der Waals surface area contributed by atoms with Crippen LogP contribution in [0.25, 0.3) is 0 Å². The Balaban J connectivity index is 1.78. The second-order valence-electron chi connectivity index (χ2n) is 5.57. The SMILES string of the molecule is CS[C@H]1CC[C@H](N(C)CC(=O)N(C)Cc2ccco2)C1. The molecule has 1 aliphatic rings. The van der Waals surface area contributed by atoms with Crippen LogP contribution in [0.4, 0.5) is 0 Å². The van der Waals surface area contributed by atoms with Crippen molar-refractivity contribution in [1.82, 2.24) is 9.80 Å². The number of carbonyl (C=O) groups is 1. The topological polar surface area (TPSA) is 36.7 Å². The lowest BCUT2D eigenvalue weighted by molar-refractivity contribution is -0.132. The number of hydrogen-bond acceptors (Lipinski definition) is 4. The molecule has 0 saturated heterocycles. The largest absolute Gasteiger partial charge is 0.467 e. The molecule has 0 aromatic carbocycles. The van der Waals surface area contributed by atoms with E-state index in [1.807, 2.05) is 30.9 Å². The summed E-state index contributed by atoms with van der Waals surface area (Å²) < 4.78 is 5.28. The zero-order chi connectivity index (χ0) is 14.5. The van der Waals surface area contributed by atoms with Gasteiger partial charge in [0.25, 0.3) is 0 Å². The van der Waals surface area contributed by atoms with Gasteiger partial charge in [0.15, 0.2) is 0 Å². The molecule has 5 heteroatoms. The van der Waals surface area contributed by atoms with Crippen molar-refractivity contribution in [1.29, 1.82) is 0 Å². The first-order chi connectivity index (χ1) is 9.60. The summed E-state index contributed by atoms with van der Waals surface area (Å²) in [4.78, 5) is 16.2. The summed E-state index contributed by atoms with van der Waals surface area (Å²) in [6.07, 6.45) is 7.49. The molecule has 1 aromatic heterocycles. The van der Waals surface area contributed by atoms with Gasteiger partial charge in [-0.15, -0.1) is 0 Å². The fourth-order valence-electron chi connectivity index (χ4n) is 2.72. The van der Waals surface area contributed by atoms with E-state index in [1.54, 1.807) is 11.2 Å². The van der Waals surface area contributed by atoms with Crippen LogP contribution < -0.4 is 0 Å². The van der Waals surface area contributed by atoms with Gasteiger partial charge < -0.3 is 9.32 Å². The van der Waals surface area contributed by atoms with E-state index in [4.69, 9.17) is 4.42 Å². The Morgan fingerprint density at radius 2 is 2.25 bits per heavy atom. The molecule has 1 fully saturated rings. The second-order valence-corrected chi connectivity index (χ2v) is 6.71. The van der Waals surface area contributed by atoms with Crippen LogP contribution in [0.1, 0.15) is 25.0 Å². The molecule has 1 aromatic rings. The first-order valence-electron chi connectivity index (χ1n) is 7.09. The lowest BCUT2D eigenvalue weighted by Gasteiger charge is -2.26. The van der Waals surface area contributed by atoms with Gasteiger partial charge >= 0.3 is 0 Å². The quantitative estimate of drug-likeness (QED) is 0.808. The maximum atomic E-state index is 12.2. The highest BCUT2D eigenvalue weighted by atomic mass is 32.2. The minimum absolute atomic E-state index is 0.150. The first kappa shape index (κ1) is 15.4. The molecule has 1 heterocycles. The standard InChI is InChI=1S/C15H24N2O2S/c1-16(12-6-7-14(9-12)20-3)11-15(18)17(2)10-13-5-4-8-19-13/h4-5,8,12,14H,6-7,9-11H2,1-3H3/t12-,14-/m0/s1. The molecule has 4 nitrogen and oxygen atoms in total. The Kier molecular flexibility index (Phi) is 5.54. The summed E-state index contributed by atoms with van der Waals surface area (Å²) in [6, 6.07) is 4.29. The van der Waals surface area contributed by atoms with Gasteiger partial charge in [-0.25, -0.2) is 0 Å². The van der Waals surface area contributed by atoms with Crippen molar-refractivity contribution in [3.05, 3.63) is 24.2 Å². The van der Waals surface area contributed by atoms with Crippen LogP contribution in [0.15, 0.2) is 22.8 Å². The Morgan fingerprint density at radius 3 is 2.85 bits per heavy atom. The molecule has 0 bridgehead atoms. The monoisotopic (exact) mass is 296 g/mol. The molecule has 1 saturated carbocycles. The predicted molar refractivity (Wildman–Crippen MR) is 82.8 cm³/mol. The highest BCUT2D eigenvalue weighted by Crippen LogP contribution is 2.30. The molecule has 0 spiro atoms. The number of hydrogen-bond donors (Lipinski definition) is 0. The fourth-order valence-corrected chi connectivity index (χ4v) is 3.51. The summed E-state index contributed by atoms with van der Waals surface area (Å²) in [5.41, 5.74) is 0. The van der Waals surface area contributed by atoms with Gasteiger partial charge in [0.05, 0.1) is 19.4 Å². The van der Waals surface area contributed by atoms with Crippen LogP contribution in [0.5, 0.6) is 0 Å². The van der Waals surface area contributed by atoms with Crippen molar-refractivity contribution in [3.63, 3.8) is 0 Å². The van der Waals surface area contributed by atoms with E-state index < -0.39 is 0 Å². The Morgan fingerprint density at radius 1 is 1.45 bits per heavy atom. The average Bonchev–Trinajstić information content (AvgIpc) is 3.09. The summed E-state index contributed by atoms with van der Waals surface area (Å²) in [7, 11) is 3.89. The van der Waals surface area contributed by atoms with Crippen LogP contribution in [0.3, 0.4) is 0 Å². The van der Waals surface area contributed by atoms with Crippen molar-refractivity contribution in [2.75, 3.05) is 26.9 Å². The number of furan rings is 1. The molecule has 1 amide bonds. The number of rotatable bonds is 6. The van der Waals surface area contributed by atoms with Crippen molar-refractivity contribution >= 4 is 17.7 Å². The highest BCUT2D eigenvalue weighted by molar-refractivity contribution is 7.99. The van der Waals surface area contributed by atoms with Gasteiger partial charge in [-0.1, -0.05) is 0 Å². The molecule has 2 rings (SSSR count). The van der Waals surface area contributed by atoms with Crippen molar-refractivity contribution in [2.24, 2.45) is 0 Å². The average molecular weight is 296 g/mol. The van der Waals surface area contributed by atoms with Gasteiger partial charge in [0.1, 0.15) is 5.76 Å². The van der Waals surface area contributed by atoms with Crippen LogP contribution in [0.2, 0.25) is 0 Å². The molecule has 0 aliphatic heterocycles. The van der Waals surface area contributed by atoms with E-state index in [2.05, 4.69) is 18.2 Å². The second kappa shape index (κ2) is 7.18. The molecular weight excluding hydrogens is 272 g/mol. The number of thioether (sulfide) groups is 1. The maximum Gasteiger partial charge on any atom is 0.236 e. The van der Waals surface area contributed by atoms with E-state index in [0.717, 1.165) is 11.0 Å². The molecule has 1 aliphatic carbocycles. The number of carbonyl (C=O) groups excluding carboxylic acids is 1. The maximum absolute atomic E-state index is 12.2. The van der Waals surface area contributed by atoms with Crippen LogP contribution in [-0.4, -0.2) is 53.9 Å². The highest BCUT2D eigenvalue weighted by Gasteiger charge is 2.28. The third-order valence-electron chi connectivity index (χ3n) is 4.10. The third-order valence-corrected chi connectivity index (χ3v) is 5.19. The number of amides is 1. The zero-order valence-electron chi connectivity index (χ0n) is 12.5. The lowest BCUT2D eigenvalue weighted by atomic mass is 10.2. The van der Waals surface area contributed by atoms with Crippen molar-refractivity contribution < 1.29 is 9.21 Å². The van der Waals surface area contributed by atoms with Gasteiger partial charge in [-0.05, 0) is 44.7 Å². The Bertz CT molecular complexity index is 422. The first-order valence-corrected chi connectivity index (χ1v) is 8.38. The molecule has 0 unspecified atom stereocenters.